The number of likely N-dealkylation sites (N-methyl/N-ethyl adjacent to an activating group) is 1. The van der Waals surface area contributed by atoms with E-state index in [4.69, 9.17) is 9.05 Å². The quantitative estimate of drug-likeness (QED) is 0.0244. The number of quaternary nitrogens is 1. The summed E-state index contributed by atoms with van der Waals surface area (Å²) in [6.07, 6.45) is 50.8. The summed E-state index contributed by atoms with van der Waals surface area (Å²) in [4.78, 5) is 23.1. The second-order valence-electron chi connectivity index (χ2n) is 17.8. The zero-order valence-electron chi connectivity index (χ0n) is 38.8. The van der Waals surface area contributed by atoms with Gasteiger partial charge in [0.1, 0.15) is 13.2 Å². The Morgan fingerprint density at radius 1 is 0.586 bits per heavy atom. The topological polar surface area (TPSA) is 105 Å². The maximum Gasteiger partial charge on any atom is 0.472 e. The molecule has 0 radical (unpaired) electrons. The molecule has 0 bridgehead atoms. The second-order valence-corrected chi connectivity index (χ2v) is 19.3. The zero-order valence-corrected chi connectivity index (χ0v) is 39.7. The van der Waals surface area contributed by atoms with Gasteiger partial charge in [-0.2, -0.15) is 0 Å². The van der Waals surface area contributed by atoms with Crippen LogP contribution >= 0.6 is 7.82 Å². The van der Waals surface area contributed by atoms with Gasteiger partial charge in [0.25, 0.3) is 0 Å². The number of aliphatic hydroxyl groups is 1. The van der Waals surface area contributed by atoms with Crippen LogP contribution in [0.15, 0.2) is 36.5 Å². The molecule has 0 aliphatic rings. The van der Waals surface area contributed by atoms with Crippen LogP contribution in [0.3, 0.4) is 0 Å². The summed E-state index contributed by atoms with van der Waals surface area (Å²) in [5.41, 5.74) is 0. The molecule has 58 heavy (non-hydrogen) atoms. The molecule has 0 fully saturated rings. The molecule has 9 heteroatoms. The Kier molecular flexibility index (Phi) is 40.2. The van der Waals surface area contributed by atoms with Crippen molar-refractivity contribution in [3.05, 3.63) is 36.5 Å². The first-order valence-corrected chi connectivity index (χ1v) is 25.9. The number of nitrogens with zero attached hydrogens (tertiary/aromatic N) is 1. The first kappa shape index (κ1) is 56.7. The summed E-state index contributed by atoms with van der Waals surface area (Å²) in [6, 6.07) is -0.844. The molecule has 3 N–H and O–H groups in total. The number of allylic oxidation sites excluding steroid dienone is 5. The van der Waals surface area contributed by atoms with Crippen molar-refractivity contribution >= 4 is 13.7 Å². The second kappa shape index (κ2) is 41.1. The number of hydrogen-bond donors (Lipinski definition) is 3. The van der Waals surface area contributed by atoms with Gasteiger partial charge in [0.2, 0.25) is 5.91 Å². The SMILES string of the molecule is CCCCCCC/C=C\C/C=C\CCCCCCCCCCCCCCCC(=O)NC(COP(=O)(O)OCC[N+](C)(C)C)C(O)/C=C/CCCCCCCCCCC. The van der Waals surface area contributed by atoms with Gasteiger partial charge in [-0.05, 0) is 51.4 Å². The van der Waals surface area contributed by atoms with Crippen LogP contribution in [-0.2, 0) is 18.4 Å². The Balaban J connectivity index is 4.19. The first-order valence-electron chi connectivity index (χ1n) is 24.4. The van der Waals surface area contributed by atoms with Crippen LogP contribution in [-0.4, -0.2) is 73.4 Å². The molecule has 0 spiro atoms. The lowest BCUT2D eigenvalue weighted by atomic mass is 10.0. The third-order valence-electron chi connectivity index (χ3n) is 10.9. The van der Waals surface area contributed by atoms with Gasteiger partial charge in [-0.25, -0.2) is 4.57 Å². The van der Waals surface area contributed by atoms with Crippen LogP contribution in [0.5, 0.6) is 0 Å². The van der Waals surface area contributed by atoms with Crippen LogP contribution in [0.25, 0.3) is 0 Å². The van der Waals surface area contributed by atoms with Gasteiger partial charge >= 0.3 is 7.82 Å². The summed E-state index contributed by atoms with van der Waals surface area (Å²) >= 11 is 0. The number of unbranched alkanes of at least 4 members (excludes halogenated alkanes) is 27. The minimum Gasteiger partial charge on any atom is -0.387 e. The molecule has 0 rings (SSSR count). The lowest BCUT2D eigenvalue weighted by Crippen LogP contribution is -2.45. The Morgan fingerprint density at radius 3 is 1.41 bits per heavy atom. The maximum atomic E-state index is 12.9. The van der Waals surface area contributed by atoms with Gasteiger partial charge in [0.15, 0.2) is 0 Å². The lowest BCUT2D eigenvalue weighted by Gasteiger charge is -2.25. The van der Waals surface area contributed by atoms with E-state index in [0.29, 0.717) is 17.4 Å². The number of carbonyl (C=O) groups excluding carboxylic acids is 1. The average molecular weight is 840 g/mol. The highest BCUT2D eigenvalue weighted by Gasteiger charge is 2.27. The van der Waals surface area contributed by atoms with Crippen molar-refractivity contribution in [1.82, 2.24) is 5.32 Å². The number of amides is 1. The zero-order chi connectivity index (χ0) is 42.8. The molecule has 0 aliphatic carbocycles. The third-order valence-corrected chi connectivity index (χ3v) is 11.8. The van der Waals surface area contributed by atoms with Gasteiger partial charge in [-0.1, -0.05) is 198 Å². The van der Waals surface area contributed by atoms with Crippen molar-refractivity contribution in [3.63, 3.8) is 0 Å². The van der Waals surface area contributed by atoms with Crippen molar-refractivity contribution in [2.75, 3.05) is 40.9 Å². The van der Waals surface area contributed by atoms with Crippen LogP contribution in [0.1, 0.15) is 219 Å². The number of phosphoric ester groups is 1. The maximum absolute atomic E-state index is 12.9. The lowest BCUT2D eigenvalue weighted by molar-refractivity contribution is -0.870. The Hall–Kier alpha value is -1.28. The van der Waals surface area contributed by atoms with Gasteiger partial charge in [0, 0.05) is 6.42 Å². The van der Waals surface area contributed by atoms with Crippen molar-refractivity contribution in [2.24, 2.45) is 0 Å². The van der Waals surface area contributed by atoms with Crippen LogP contribution < -0.4 is 5.32 Å². The summed E-state index contributed by atoms with van der Waals surface area (Å²) in [5, 5.41) is 13.8. The van der Waals surface area contributed by atoms with E-state index in [-0.39, 0.29) is 19.1 Å². The van der Waals surface area contributed by atoms with E-state index < -0.39 is 20.0 Å². The van der Waals surface area contributed by atoms with Gasteiger partial charge in [-0.3, -0.25) is 13.8 Å². The largest absolute Gasteiger partial charge is 0.472 e. The summed E-state index contributed by atoms with van der Waals surface area (Å²) < 4.78 is 23.6. The molecule has 0 aromatic rings. The van der Waals surface area contributed by atoms with Crippen molar-refractivity contribution in [1.29, 1.82) is 0 Å². The molecule has 3 unspecified atom stereocenters. The number of phosphoric acid groups is 1. The van der Waals surface area contributed by atoms with Crippen molar-refractivity contribution in [2.45, 2.75) is 231 Å². The molecule has 0 aromatic heterocycles. The minimum atomic E-state index is -4.33. The molecule has 0 saturated carbocycles. The molecular formula is C49H96N2O6P+. The predicted molar refractivity (Wildman–Crippen MR) is 249 cm³/mol. The Labute approximate surface area is 359 Å². The van der Waals surface area contributed by atoms with Crippen LogP contribution in [0.4, 0.5) is 0 Å². The number of nitrogens with one attached hydrogen (secondary N) is 1. The Bertz CT molecular complexity index is 1040. The van der Waals surface area contributed by atoms with Crippen molar-refractivity contribution < 1.29 is 32.9 Å². The van der Waals surface area contributed by atoms with E-state index in [0.717, 1.165) is 44.9 Å². The van der Waals surface area contributed by atoms with Gasteiger partial charge in [0.05, 0.1) is 39.9 Å². The highest BCUT2D eigenvalue weighted by Crippen LogP contribution is 2.43. The third kappa shape index (κ3) is 42.8. The highest BCUT2D eigenvalue weighted by atomic mass is 31.2. The molecule has 3 atom stereocenters. The molecule has 342 valence electrons. The average Bonchev–Trinajstić information content (AvgIpc) is 3.17. The fraction of sp³-hybridized carbons (Fsp3) is 0.857. The van der Waals surface area contributed by atoms with Crippen LogP contribution in [0.2, 0.25) is 0 Å². The van der Waals surface area contributed by atoms with E-state index >= 15 is 0 Å². The molecular weight excluding hydrogens is 744 g/mol. The molecule has 0 saturated heterocycles. The first-order chi connectivity index (χ1) is 28.0. The van der Waals surface area contributed by atoms with E-state index in [1.54, 1.807) is 6.08 Å². The number of carbonyl (C=O) groups is 1. The predicted octanol–water partition coefficient (Wildman–Crippen LogP) is 13.9. The van der Waals surface area contributed by atoms with E-state index in [1.165, 1.54) is 154 Å². The molecule has 1 amide bonds. The number of aliphatic hydroxyl groups excluding tert-OH is 1. The minimum absolute atomic E-state index is 0.0616. The highest BCUT2D eigenvalue weighted by molar-refractivity contribution is 7.47. The van der Waals surface area contributed by atoms with E-state index in [1.807, 2.05) is 27.2 Å². The monoisotopic (exact) mass is 840 g/mol. The van der Waals surface area contributed by atoms with Gasteiger partial charge < -0.3 is 19.8 Å². The molecule has 8 nitrogen and oxygen atoms in total. The van der Waals surface area contributed by atoms with E-state index in [9.17, 15) is 19.4 Å². The number of rotatable bonds is 44. The van der Waals surface area contributed by atoms with Crippen LogP contribution in [0, 0.1) is 0 Å². The molecule has 0 aromatic carbocycles. The summed E-state index contributed by atoms with van der Waals surface area (Å²) in [6.45, 7) is 4.79. The summed E-state index contributed by atoms with van der Waals surface area (Å²) in [7, 11) is 1.57. The molecule has 0 heterocycles. The summed E-state index contributed by atoms with van der Waals surface area (Å²) in [5.74, 6) is -0.179. The fourth-order valence-corrected chi connectivity index (χ4v) is 7.69. The fourth-order valence-electron chi connectivity index (χ4n) is 6.95. The van der Waals surface area contributed by atoms with Gasteiger partial charge in [-0.15, -0.1) is 0 Å². The van der Waals surface area contributed by atoms with Crippen molar-refractivity contribution in [3.8, 4) is 0 Å². The smallest absolute Gasteiger partial charge is 0.387 e. The van der Waals surface area contributed by atoms with E-state index in [2.05, 4.69) is 43.5 Å². The Morgan fingerprint density at radius 2 is 0.983 bits per heavy atom. The number of hydrogen-bond acceptors (Lipinski definition) is 5. The molecule has 0 aliphatic heterocycles. The normalized spacial score (nSPS) is 14.5. The standard InChI is InChI=1S/C49H95N2O6P/c1-6-8-10-12-14-16-18-19-20-21-22-23-24-25-26-27-28-29-30-31-33-35-37-39-41-43-49(53)50-47(46-57-58(54,55)56-45-44-51(3,4)5)48(52)42-40-38-36-34-32-17-15-13-11-9-7-2/h18-19,21-22,40,42,47-48,52H,6-17,20,23-39,41,43-46H2,1-5H3,(H-,50,53,54,55)/p+1/b19-18-,22-21-,42-40+.